The lowest BCUT2D eigenvalue weighted by molar-refractivity contribution is 0.392. The highest BCUT2D eigenvalue weighted by Gasteiger charge is 2.09. The average Bonchev–Trinajstić information content (AvgIpc) is 2.44. The second-order valence-electron chi connectivity index (χ2n) is 5.47. The van der Waals surface area contributed by atoms with Crippen LogP contribution in [0, 0.1) is 0 Å². The van der Waals surface area contributed by atoms with Crippen molar-refractivity contribution >= 4 is 5.69 Å². The van der Waals surface area contributed by atoms with Gasteiger partial charge in [-0.25, -0.2) is 0 Å². The van der Waals surface area contributed by atoms with Crippen LogP contribution in [0.25, 0.3) is 0 Å². The number of ether oxygens (including phenoxy) is 2. The average molecular weight is 289 g/mol. The first-order valence-corrected chi connectivity index (χ1v) is 7.27. The minimum absolute atomic E-state index is 0.708. The van der Waals surface area contributed by atoms with E-state index in [-0.39, 0.29) is 0 Å². The van der Waals surface area contributed by atoms with Crippen LogP contribution < -0.4 is 15.2 Å². The van der Waals surface area contributed by atoms with Gasteiger partial charge in [-0.2, -0.15) is 0 Å². The van der Waals surface area contributed by atoms with Gasteiger partial charge in [0.2, 0.25) is 0 Å². The van der Waals surface area contributed by atoms with Gasteiger partial charge in [0.1, 0.15) is 11.5 Å². The van der Waals surface area contributed by atoms with Gasteiger partial charge in [-0.1, -0.05) is 23.3 Å². The van der Waals surface area contributed by atoms with E-state index in [2.05, 4.69) is 32.9 Å². The van der Waals surface area contributed by atoms with Crippen LogP contribution in [0.2, 0.25) is 0 Å². The summed E-state index contributed by atoms with van der Waals surface area (Å²) >= 11 is 0. The zero-order valence-corrected chi connectivity index (χ0v) is 13.8. The SMILES string of the molecule is COc1cc(N)c(C/C=C(\C)CCC=C(C)C)c(OC)c1. The largest absolute Gasteiger partial charge is 0.497 e. The number of benzene rings is 1. The van der Waals surface area contributed by atoms with Gasteiger partial charge in [-0.05, 0) is 40.0 Å². The molecule has 0 saturated carbocycles. The van der Waals surface area contributed by atoms with Crippen LogP contribution in [-0.4, -0.2) is 14.2 Å². The standard InChI is InChI=1S/C18H27NO2/c1-13(2)7-6-8-14(3)9-10-16-17(19)11-15(20-4)12-18(16)21-5/h7,9,11-12H,6,8,10,19H2,1-5H3/b14-9+. The van der Waals surface area contributed by atoms with Gasteiger partial charge >= 0.3 is 0 Å². The van der Waals surface area contributed by atoms with Crippen LogP contribution in [0.5, 0.6) is 11.5 Å². The molecule has 1 aromatic rings. The zero-order valence-electron chi connectivity index (χ0n) is 13.8. The number of hydrogen-bond acceptors (Lipinski definition) is 3. The molecule has 0 aromatic heterocycles. The summed E-state index contributed by atoms with van der Waals surface area (Å²) in [7, 11) is 3.28. The predicted molar refractivity (Wildman–Crippen MR) is 90.1 cm³/mol. The molecule has 0 spiro atoms. The molecule has 116 valence electrons. The fourth-order valence-electron chi connectivity index (χ4n) is 2.13. The molecule has 0 atom stereocenters. The number of anilines is 1. The summed E-state index contributed by atoms with van der Waals surface area (Å²) in [5.74, 6) is 1.50. The van der Waals surface area contributed by atoms with Gasteiger partial charge in [0.25, 0.3) is 0 Å². The van der Waals surface area contributed by atoms with Crippen molar-refractivity contribution in [3.63, 3.8) is 0 Å². The van der Waals surface area contributed by atoms with Crippen molar-refractivity contribution in [1.82, 2.24) is 0 Å². The van der Waals surface area contributed by atoms with E-state index in [0.717, 1.165) is 36.3 Å². The molecular weight excluding hydrogens is 262 g/mol. The Morgan fingerprint density at radius 2 is 1.81 bits per heavy atom. The van der Waals surface area contributed by atoms with Crippen molar-refractivity contribution in [2.75, 3.05) is 20.0 Å². The number of methoxy groups -OCH3 is 2. The summed E-state index contributed by atoms with van der Waals surface area (Å²) in [6, 6.07) is 3.71. The summed E-state index contributed by atoms with van der Waals surface area (Å²) in [4.78, 5) is 0. The quantitative estimate of drug-likeness (QED) is 0.593. The molecule has 21 heavy (non-hydrogen) atoms. The fourth-order valence-corrected chi connectivity index (χ4v) is 2.13. The van der Waals surface area contributed by atoms with E-state index in [1.807, 2.05) is 12.1 Å². The van der Waals surface area contributed by atoms with E-state index in [0.29, 0.717) is 5.69 Å². The molecule has 3 heteroatoms. The number of allylic oxidation sites excluding steroid dienone is 4. The third kappa shape index (κ3) is 5.54. The highest BCUT2D eigenvalue weighted by Crippen LogP contribution is 2.31. The molecule has 1 rings (SSSR count). The van der Waals surface area contributed by atoms with Crippen molar-refractivity contribution in [2.45, 2.75) is 40.0 Å². The lowest BCUT2D eigenvalue weighted by Gasteiger charge is -2.12. The number of nitrogens with two attached hydrogens (primary N) is 1. The molecule has 0 aliphatic rings. The van der Waals surface area contributed by atoms with Crippen molar-refractivity contribution in [3.8, 4) is 11.5 Å². The van der Waals surface area contributed by atoms with Crippen molar-refractivity contribution in [1.29, 1.82) is 0 Å². The maximum atomic E-state index is 6.10. The first kappa shape index (κ1) is 17.2. The minimum atomic E-state index is 0.708. The number of hydrogen-bond donors (Lipinski definition) is 1. The third-order valence-electron chi connectivity index (χ3n) is 3.42. The molecule has 0 saturated heterocycles. The molecule has 0 aliphatic carbocycles. The Kier molecular flexibility index (Phi) is 6.86. The first-order valence-electron chi connectivity index (χ1n) is 7.27. The third-order valence-corrected chi connectivity index (χ3v) is 3.42. The van der Waals surface area contributed by atoms with E-state index in [9.17, 15) is 0 Å². The Labute approximate surface area is 128 Å². The molecule has 0 unspecified atom stereocenters. The fraction of sp³-hybridized carbons (Fsp3) is 0.444. The van der Waals surface area contributed by atoms with Gasteiger partial charge in [-0.3, -0.25) is 0 Å². The second kappa shape index (κ2) is 8.40. The Morgan fingerprint density at radius 1 is 1.10 bits per heavy atom. The first-order chi connectivity index (χ1) is 9.97. The molecule has 3 nitrogen and oxygen atoms in total. The normalized spacial score (nSPS) is 11.2. The second-order valence-corrected chi connectivity index (χ2v) is 5.47. The minimum Gasteiger partial charge on any atom is -0.497 e. The summed E-state index contributed by atoms with van der Waals surface area (Å²) < 4.78 is 10.6. The molecule has 0 aliphatic heterocycles. The molecule has 0 radical (unpaired) electrons. The van der Waals surface area contributed by atoms with Crippen LogP contribution in [0.4, 0.5) is 5.69 Å². The molecule has 1 aromatic carbocycles. The lowest BCUT2D eigenvalue weighted by Crippen LogP contribution is -1.99. The van der Waals surface area contributed by atoms with Crippen LogP contribution in [0.3, 0.4) is 0 Å². The van der Waals surface area contributed by atoms with Crippen LogP contribution in [0.1, 0.15) is 39.2 Å². The van der Waals surface area contributed by atoms with E-state index in [1.165, 1.54) is 11.1 Å². The highest BCUT2D eigenvalue weighted by atomic mass is 16.5. The molecule has 0 amide bonds. The highest BCUT2D eigenvalue weighted by molar-refractivity contribution is 5.59. The van der Waals surface area contributed by atoms with Gasteiger partial charge in [0, 0.05) is 23.4 Å². The summed E-state index contributed by atoms with van der Waals surface area (Å²) in [6.07, 6.45) is 7.42. The maximum absolute atomic E-state index is 6.10. The molecule has 0 fully saturated rings. The van der Waals surface area contributed by atoms with Crippen molar-refractivity contribution < 1.29 is 9.47 Å². The number of nitrogen functional groups attached to an aromatic ring is 1. The Balaban J connectivity index is 2.80. The van der Waals surface area contributed by atoms with E-state index < -0.39 is 0 Å². The van der Waals surface area contributed by atoms with E-state index in [1.54, 1.807) is 14.2 Å². The Hall–Kier alpha value is -1.90. The zero-order chi connectivity index (χ0) is 15.8. The number of rotatable bonds is 7. The summed E-state index contributed by atoms with van der Waals surface area (Å²) in [5, 5.41) is 0. The van der Waals surface area contributed by atoms with Gasteiger partial charge in [0.15, 0.2) is 0 Å². The molecular formula is C18H27NO2. The molecule has 0 heterocycles. The topological polar surface area (TPSA) is 44.5 Å². The molecule has 0 bridgehead atoms. The van der Waals surface area contributed by atoms with E-state index >= 15 is 0 Å². The van der Waals surface area contributed by atoms with E-state index in [4.69, 9.17) is 15.2 Å². The Morgan fingerprint density at radius 3 is 2.38 bits per heavy atom. The van der Waals surface area contributed by atoms with Gasteiger partial charge in [-0.15, -0.1) is 0 Å². The summed E-state index contributed by atoms with van der Waals surface area (Å²) in [6.45, 7) is 6.41. The van der Waals surface area contributed by atoms with Crippen LogP contribution >= 0.6 is 0 Å². The van der Waals surface area contributed by atoms with Crippen LogP contribution in [0.15, 0.2) is 35.4 Å². The predicted octanol–water partition coefficient (Wildman–Crippen LogP) is 4.52. The van der Waals surface area contributed by atoms with Crippen molar-refractivity contribution in [2.24, 2.45) is 0 Å². The molecule has 2 N–H and O–H groups in total. The van der Waals surface area contributed by atoms with Crippen molar-refractivity contribution in [3.05, 3.63) is 41.0 Å². The smallest absolute Gasteiger partial charge is 0.128 e. The maximum Gasteiger partial charge on any atom is 0.128 e. The summed E-state index contributed by atoms with van der Waals surface area (Å²) in [5.41, 5.74) is 10.6. The lowest BCUT2D eigenvalue weighted by atomic mass is 10.0. The van der Waals surface area contributed by atoms with Gasteiger partial charge < -0.3 is 15.2 Å². The monoisotopic (exact) mass is 289 g/mol. The van der Waals surface area contributed by atoms with Gasteiger partial charge in [0.05, 0.1) is 14.2 Å². The van der Waals surface area contributed by atoms with Crippen LogP contribution in [-0.2, 0) is 6.42 Å². The Bertz CT molecular complexity index is 526.